The molecule has 3 aromatic carbocycles. The molecule has 0 aromatic heterocycles. The summed E-state index contributed by atoms with van der Waals surface area (Å²) in [7, 11) is 0. The Hall–Kier alpha value is -3.71. The van der Waals surface area contributed by atoms with E-state index in [2.05, 4.69) is 5.43 Å². The highest BCUT2D eigenvalue weighted by Gasteiger charge is 2.54. The highest BCUT2D eigenvalue weighted by molar-refractivity contribution is 6.02. The number of fused-ring (bicyclic) bond motifs is 6. The Morgan fingerprint density at radius 1 is 0.889 bits per heavy atom. The third-order valence-corrected chi connectivity index (χ3v) is 4.96. The molecule has 0 bridgehead atoms. The summed E-state index contributed by atoms with van der Waals surface area (Å²) in [6, 6.07) is 14.5. The molecule has 0 aliphatic carbocycles. The van der Waals surface area contributed by atoms with E-state index in [0.29, 0.717) is 39.4 Å². The van der Waals surface area contributed by atoms with Crippen molar-refractivity contribution >= 4 is 11.7 Å². The molecule has 134 valence electrons. The second-order valence-electron chi connectivity index (χ2n) is 6.41. The first-order valence-corrected chi connectivity index (χ1v) is 8.23. The van der Waals surface area contributed by atoms with Crippen LogP contribution in [0.4, 0.5) is 5.69 Å². The molecule has 3 aromatic rings. The number of nitrogen functional groups attached to an aromatic ring is 1. The van der Waals surface area contributed by atoms with Gasteiger partial charge in [0, 0.05) is 28.8 Å². The third-order valence-electron chi connectivity index (χ3n) is 4.96. The van der Waals surface area contributed by atoms with Crippen molar-refractivity contribution in [1.29, 1.82) is 0 Å². The maximum Gasteiger partial charge on any atom is 0.342 e. The molecule has 0 atom stereocenters. The summed E-state index contributed by atoms with van der Waals surface area (Å²) in [6.07, 6.45) is 0. The van der Waals surface area contributed by atoms with Gasteiger partial charge in [-0.25, -0.2) is 4.79 Å². The molecule has 2 heterocycles. The van der Waals surface area contributed by atoms with Crippen molar-refractivity contribution in [2.75, 3.05) is 5.43 Å². The first-order valence-electron chi connectivity index (χ1n) is 8.23. The van der Waals surface area contributed by atoms with Gasteiger partial charge < -0.3 is 25.1 Å². The Morgan fingerprint density at radius 3 is 2.11 bits per heavy atom. The topological polar surface area (TPSA) is 114 Å². The minimum atomic E-state index is -1.27. The second-order valence-corrected chi connectivity index (χ2v) is 6.41. The highest BCUT2D eigenvalue weighted by atomic mass is 16.6. The molecule has 7 nitrogen and oxygen atoms in total. The average molecular weight is 362 g/mol. The molecule has 1 spiro atoms. The van der Waals surface area contributed by atoms with Gasteiger partial charge in [-0.1, -0.05) is 12.1 Å². The Balaban J connectivity index is 1.91. The van der Waals surface area contributed by atoms with Crippen LogP contribution in [0, 0.1) is 0 Å². The molecule has 0 fully saturated rings. The Morgan fingerprint density at radius 2 is 1.52 bits per heavy atom. The van der Waals surface area contributed by atoms with Crippen LogP contribution in [0.25, 0.3) is 0 Å². The van der Waals surface area contributed by atoms with Gasteiger partial charge in [0.2, 0.25) is 0 Å². The largest absolute Gasteiger partial charge is 0.508 e. The molecule has 0 saturated carbocycles. The van der Waals surface area contributed by atoms with E-state index in [1.165, 1.54) is 24.3 Å². The van der Waals surface area contributed by atoms with E-state index in [9.17, 15) is 15.0 Å². The lowest BCUT2D eigenvalue weighted by atomic mass is 9.77. The summed E-state index contributed by atoms with van der Waals surface area (Å²) in [5.41, 5.74) is 3.78. The van der Waals surface area contributed by atoms with E-state index in [1.54, 1.807) is 30.3 Å². The summed E-state index contributed by atoms with van der Waals surface area (Å²) in [5, 5.41) is 19.8. The zero-order valence-electron chi connectivity index (χ0n) is 13.9. The van der Waals surface area contributed by atoms with Crippen molar-refractivity contribution in [3.05, 3.63) is 76.9 Å². The second kappa shape index (κ2) is 5.15. The molecular formula is C20H14N2O5. The van der Waals surface area contributed by atoms with Crippen LogP contribution in [0.1, 0.15) is 27.0 Å². The lowest BCUT2D eigenvalue weighted by molar-refractivity contribution is 0.0224. The van der Waals surface area contributed by atoms with Gasteiger partial charge in [0.05, 0.1) is 11.3 Å². The monoisotopic (exact) mass is 362 g/mol. The number of hydrogen-bond donors (Lipinski definition) is 4. The first kappa shape index (κ1) is 15.5. The predicted molar refractivity (Wildman–Crippen MR) is 95.8 cm³/mol. The van der Waals surface area contributed by atoms with Gasteiger partial charge in [0.25, 0.3) is 0 Å². The number of ether oxygens (including phenoxy) is 2. The number of rotatable bonds is 1. The van der Waals surface area contributed by atoms with Crippen LogP contribution in [-0.4, -0.2) is 16.2 Å². The van der Waals surface area contributed by atoms with Gasteiger partial charge in [-0.2, -0.15) is 0 Å². The molecular weight excluding hydrogens is 348 g/mol. The lowest BCUT2D eigenvalue weighted by Crippen LogP contribution is -2.32. The van der Waals surface area contributed by atoms with E-state index < -0.39 is 11.6 Å². The summed E-state index contributed by atoms with van der Waals surface area (Å²) in [4.78, 5) is 12.8. The number of nitrogens with one attached hydrogen (secondary N) is 1. The average Bonchev–Trinajstić information content (AvgIpc) is 2.95. The SMILES string of the molecule is NNc1cccc2c1C(=O)OC21c2ccc(O)cc2Oc2cc(O)ccc21. The van der Waals surface area contributed by atoms with E-state index >= 15 is 0 Å². The predicted octanol–water partition coefficient (Wildman–Crippen LogP) is 2.95. The van der Waals surface area contributed by atoms with Crippen LogP contribution >= 0.6 is 0 Å². The maximum absolute atomic E-state index is 12.8. The minimum absolute atomic E-state index is 0.00873. The number of carbonyl (C=O) groups excluding carboxylic acids is 1. The Bertz CT molecular complexity index is 1070. The van der Waals surface area contributed by atoms with Crippen molar-refractivity contribution in [2.45, 2.75) is 5.60 Å². The fourth-order valence-electron chi connectivity index (χ4n) is 3.87. The van der Waals surface area contributed by atoms with Gasteiger partial charge in [0.1, 0.15) is 23.0 Å². The lowest BCUT2D eigenvalue weighted by Gasteiger charge is -2.36. The number of esters is 1. The molecule has 0 unspecified atom stereocenters. The normalized spacial score (nSPS) is 15.4. The molecule has 5 N–H and O–H groups in total. The van der Waals surface area contributed by atoms with Crippen LogP contribution < -0.4 is 16.0 Å². The van der Waals surface area contributed by atoms with Gasteiger partial charge in [0.15, 0.2) is 5.60 Å². The number of nitrogens with two attached hydrogens (primary N) is 1. The number of phenols is 2. The quantitative estimate of drug-likeness (QED) is 0.299. The molecule has 0 amide bonds. The molecule has 0 radical (unpaired) electrons. The maximum atomic E-state index is 12.8. The fourth-order valence-corrected chi connectivity index (χ4v) is 3.87. The fraction of sp³-hybridized carbons (Fsp3) is 0.0500. The van der Waals surface area contributed by atoms with Crippen molar-refractivity contribution in [1.82, 2.24) is 0 Å². The Kier molecular flexibility index (Phi) is 2.96. The van der Waals surface area contributed by atoms with Crippen molar-refractivity contribution < 1.29 is 24.5 Å². The summed E-state index contributed by atoms with van der Waals surface area (Å²) in [6.45, 7) is 0. The van der Waals surface area contributed by atoms with Crippen LogP contribution in [0.3, 0.4) is 0 Å². The minimum Gasteiger partial charge on any atom is -0.508 e. The smallest absolute Gasteiger partial charge is 0.342 e. The van der Waals surface area contributed by atoms with Gasteiger partial charge >= 0.3 is 5.97 Å². The van der Waals surface area contributed by atoms with E-state index in [4.69, 9.17) is 15.3 Å². The number of phenolic OH excluding ortho intramolecular Hbond substituents is 2. The molecule has 7 heteroatoms. The van der Waals surface area contributed by atoms with Crippen molar-refractivity contribution in [3.63, 3.8) is 0 Å². The molecule has 5 rings (SSSR count). The summed E-state index contributed by atoms with van der Waals surface area (Å²) >= 11 is 0. The third kappa shape index (κ3) is 1.91. The molecule has 2 aliphatic heterocycles. The van der Waals surface area contributed by atoms with E-state index in [-0.39, 0.29) is 11.5 Å². The van der Waals surface area contributed by atoms with Gasteiger partial charge in [-0.15, -0.1) is 0 Å². The van der Waals surface area contributed by atoms with Crippen molar-refractivity contribution in [2.24, 2.45) is 5.84 Å². The summed E-state index contributed by atoms with van der Waals surface area (Å²) < 4.78 is 11.8. The number of aromatic hydroxyl groups is 2. The number of benzene rings is 3. The van der Waals surface area contributed by atoms with Crippen LogP contribution in [0.15, 0.2) is 54.6 Å². The highest BCUT2D eigenvalue weighted by Crippen LogP contribution is 2.57. The number of carbonyl (C=O) groups is 1. The number of hydrogen-bond acceptors (Lipinski definition) is 7. The van der Waals surface area contributed by atoms with Gasteiger partial charge in [-0.3, -0.25) is 5.84 Å². The van der Waals surface area contributed by atoms with Crippen molar-refractivity contribution in [3.8, 4) is 23.0 Å². The van der Waals surface area contributed by atoms with Crippen LogP contribution in [0.5, 0.6) is 23.0 Å². The Labute approximate surface area is 153 Å². The zero-order chi connectivity index (χ0) is 18.8. The molecule has 0 saturated heterocycles. The molecule has 2 aliphatic rings. The summed E-state index contributed by atoms with van der Waals surface area (Å²) in [5.74, 6) is 5.74. The van der Waals surface area contributed by atoms with Crippen LogP contribution in [0.2, 0.25) is 0 Å². The standard InChI is InChI=1S/C20H14N2O5/c21-22-15-3-1-2-14-18(15)19(25)27-20(14)12-6-4-10(23)8-16(12)26-17-9-11(24)5-7-13(17)20/h1-9,22-24H,21H2. The van der Waals surface area contributed by atoms with E-state index in [1.807, 2.05) is 0 Å². The first-order chi connectivity index (χ1) is 13.0. The van der Waals surface area contributed by atoms with Gasteiger partial charge in [-0.05, 0) is 30.3 Å². The number of hydrazine groups is 1. The zero-order valence-corrected chi connectivity index (χ0v) is 13.9. The van der Waals surface area contributed by atoms with E-state index in [0.717, 1.165) is 0 Å². The number of anilines is 1. The molecule has 27 heavy (non-hydrogen) atoms. The van der Waals surface area contributed by atoms with Crippen LogP contribution in [-0.2, 0) is 10.3 Å².